The van der Waals surface area contributed by atoms with Crippen LogP contribution in [0, 0.1) is 17.8 Å². The summed E-state index contributed by atoms with van der Waals surface area (Å²) in [7, 11) is 0. The summed E-state index contributed by atoms with van der Waals surface area (Å²) in [6, 6.07) is 10.3. The Morgan fingerprint density at radius 1 is 1.10 bits per heavy atom. The third kappa shape index (κ3) is 4.96. The summed E-state index contributed by atoms with van der Waals surface area (Å²) in [5.74, 6) is 2.06. The minimum atomic E-state index is 0.347. The Morgan fingerprint density at radius 2 is 1.81 bits per heavy atom. The number of hydrogen-bond acceptors (Lipinski definition) is 2. The number of ether oxygens (including phenoxy) is 1. The SMILES string of the molecule is CC1CC(C)C1C(=O)CCCCCOCc1ccccc1. The maximum absolute atomic E-state index is 12.1. The molecule has 0 aromatic heterocycles. The molecule has 116 valence electrons. The molecular weight excluding hydrogens is 260 g/mol. The third-order valence-corrected chi connectivity index (χ3v) is 4.66. The number of carbonyl (C=O) groups excluding carboxylic acids is 1. The van der Waals surface area contributed by atoms with Gasteiger partial charge >= 0.3 is 0 Å². The van der Waals surface area contributed by atoms with Crippen LogP contribution in [0.1, 0.15) is 51.5 Å². The first-order valence-corrected chi connectivity index (χ1v) is 8.33. The van der Waals surface area contributed by atoms with Gasteiger partial charge < -0.3 is 4.74 Å². The molecule has 0 aliphatic heterocycles. The van der Waals surface area contributed by atoms with Crippen LogP contribution in [0.15, 0.2) is 30.3 Å². The molecule has 2 heteroatoms. The van der Waals surface area contributed by atoms with Gasteiger partial charge in [0, 0.05) is 18.9 Å². The van der Waals surface area contributed by atoms with E-state index in [2.05, 4.69) is 26.0 Å². The maximum Gasteiger partial charge on any atom is 0.136 e. The van der Waals surface area contributed by atoms with Crippen molar-refractivity contribution in [2.45, 2.75) is 52.6 Å². The molecule has 1 fully saturated rings. The topological polar surface area (TPSA) is 26.3 Å². The summed E-state index contributed by atoms with van der Waals surface area (Å²) in [5.41, 5.74) is 1.22. The molecule has 0 N–H and O–H groups in total. The highest BCUT2D eigenvalue weighted by Crippen LogP contribution is 2.41. The van der Waals surface area contributed by atoms with Crippen molar-refractivity contribution >= 4 is 5.78 Å². The van der Waals surface area contributed by atoms with Gasteiger partial charge in [0.2, 0.25) is 0 Å². The molecule has 0 heterocycles. The second kappa shape index (κ2) is 8.33. The van der Waals surface area contributed by atoms with Gasteiger partial charge in [0.1, 0.15) is 5.78 Å². The van der Waals surface area contributed by atoms with Crippen LogP contribution in [-0.2, 0) is 16.1 Å². The van der Waals surface area contributed by atoms with Crippen molar-refractivity contribution in [1.29, 1.82) is 0 Å². The van der Waals surface area contributed by atoms with E-state index in [0.717, 1.165) is 32.3 Å². The second-order valence-corrected chi connectivity index (χ2v) is 6.53. The van der Waals surface area contributed by atoms with E-state index >= 15 is 0 Å². The van der Waals surface area contributed by atoms with Gasteiger partial charge in [-0.05, 0) is 36.7 Å². The van der Waals surface area contributed by atoms with Gasteiger partial charge in [0.25, 0.3) is 0 Å². The molecule has 2 atom stereocenters. The first kappa shape index (κ1) is 16.2. The lowest BCUT2D eigenvalue weighted by atomic mass is 9.64. The lowest BCUT2D eigenvalue weighted by Gasteiger charge is -2.39. The largest absolute Gasteiger partial charge is 0.377 e. The van der Waals surface area contributed by atoms with Crippen LogP contribution in [0.4, 0.5) is 0 Å². The van der Waals surface area contributed by atoms with E-state index in [1.54, 1.807) is 0 Å². The third-order valence-electron chi connectivity index (χ3n) is 4.66. The predicted octanol–water partition coefficient (Wildman–Crippen LogP) is 4.62. The van der Waals surface area contributed by atoms with Crippen molar-refractivity contribution in [3.05, 3.63) is 35.9 Å². The first-order valence-electron chi connectivity index (χ1n) is 8.33. The average Bonchev–Trinajstić information content (AvgIpc) is 2.47. The molecule has 2 nitrogen and oxygen atoms in total. The number of benzene rings is 1. The summed E-state index contributed by atoms with van der Waals surface area (Å²) >= 11 is 0. The minimum Gasteiger partial charge on any atom is -0.377 e. The number of Topliss-reactive ketones (excluding diaryl/α,β-unsaturated/α-hetero) is 1. The number of ketones is 1. The average molecular weight is 288 g/mol. The van der Waals surface area contributed by atoms with E-state index in [1.165, 1.54) is 12.0 Å². The van der Waals surface area contributed by atoms with Crippen molar-refractivity contribution in [3.63, 3.8) is 0 Å². The minimum absolute atomic E-state index is 0.347. The highest BCUT2D eigenvalue weighted by Gasteiger charge is 2.38. The fraction of sp³-hybridized carbons (Fsp3) is 0.632. The molecule has 1 aliphatic rings. The van der Waals surface area contributed by atoms with E-state index in [4.69, 9.17) is 4.74 Å². The van der Waals surface area contributed by atoms with Gasteiger partial charge in [0.15, 0.2) is 0 Å². The van der Waals surface area contributed by atoms with Crippen molar-refractivity contribution in [3.8, 4) is 0 Å². The van der Waals surface area contributed by atoms with Gasteiger partial charge in [-0.3, -0.25) is 4.79 Å². The Kier molecular flexibility index (Phi) is 6.44. The van der Waals surface area contributed by atoms with Gasteiger partial charge in [-0.25, -0.2) is 0 Å². The number of carbonyl (C=O) groups is 1. The molecule has 0 saturated heterocycles. The Balaban J connectivity index is 1.48. The molecule has 1 aliphatic carbocycles. The number of hydrogen-bond donors (Lipinski definition) is 0. The zero-order chi connectivity index (χ0) is 15.1. The Labute approximate surface area is 128 Å². The van der Waals surface area contributed by atoms with Crippen LogP contribution >= 0.6 is 0 Å². The fourth-order valence-corrected chi connectivity index (χ4v) is 3.49. The van der Waals surface area contributed by atoms with Crippen LogP contribution in [-0.4, -0.2) is 12.4 Å². The first-order chi connectivity index (χ1) is 10.2. The van der Waals surface area contributed by atoms with E-state index in [-0.39, 0.29) is 0 Å². The highest BCUT2D eigenvalue weighted by atomic mass is 16.5. The lowest BCUT2D eigenvalue weighted by Crippen LogP contribution is -2.38. The standard InChI is InChI=1S/C19H28O2/c1-15-13-16(2)19(15)18(20)11-7-4-8-12-21-14-17-9-5-3-6-10-17/h3,5-6,9-10,15-16,19H,4,7-8,11-14H2,1-2H3. The second-order valence-electron chi connectivity index (χ2n) is 6.53. The molecule has 1 saturated carbocycles. The Hall–Kier alpha value is -1.15. The summed E-state index contributed by atoms with van der Waals surface area (Å²) in [5, 5.41) is 0. The van der Waals surface area contributed by atoms with Gasteiger partial charge in [0.05, 0.1) is 6.61 Å². The van der Waals surface area contributed by atoms with Crippen LogP contribution in [0.25, 0.3) is 0 Å². The molecule has 1 aromatic rings. The van der Waals surface area contributed by atoms with E-state index in [9.17, 15) is 4.79 Å². The maximum atomic E-state index is 12.1. The normalized spacial score (nSPS) is 24.6. The fourth-order valence-electron chi connectivity index (χ4n) is 3.49. The van der Waals surface area contributed by atoms with Crippen LogP contribution < -0.4 is 0 Å². The van der Waals surface area contributed by atoms with Crippen LogP contribution in [0.5, 0.6) is 0 Å². The zero-order valence-corrected chi connectivity index (χ0v) is 13.4. The van der Waals surface area contributed by atoms with E-state index in [0.29, 0.717) is 30.1 Å². The smallest absolute Gasteiger partial charge is 0.136 e. The molecule has 0 amide bonds. The lowest BCUT2D eigenvalue weighted by molar-refractivity contribution is -0.131. The van der Waals surface area contributed by atoms with Crippen molar-refractivity contribution in [1.82, 2.24) is 0 Å². The van der Waals surface area contributed by atoms with Gasteiger partial charge in [-0.1, -0.05) is 50.6 Å². The Bertz CT molecular complexity index is 418. The Morgan fingerprint density at radius 3 is 2.48 bits per heavy atom. The monoisotopic (exact) mass is 288 g/mol. The highest BCUT2D eigenvalue weighted by molar-refractivity contribution is 5.82. The molecule has 0 bridgehead atoms. The van der Waals surface area contributed by atoms with Gasteiger partial charge in [-0.2, -0.15) is 0 Å². The summed E-state index contributed by atoms with van der Waals surface area (Å²) in [6.07, 6.45) is 5.15. The van der Waals surface area contributed by atoms with Crippen LogP contribution in [0.3, 0.4) is 0 Å². The van der Waals surface area contributed by atoms with E-state index < -0.39 is 0 Å². The number of rotatable bonds is 9. The van der Waals surface area contributed by atoms with E-state index in [1.807, 2.05) is 18.2 Å². The molecular formula is C19H28O2. The predicted molar refractivity (Wildman–Crippen MR) is 86.0 cm³/mol. The molecule has 1 aromatic carbocycles. The summed E-state index contributed by atoms with van der Waals surface area (Å²) in [4.78, 5) is 12.1. The van der Waals surface area contributed by atoms with Crippen molar-refractivity contribution < 1.29 is 9.53 Å². The molecule has 0 spiro atoms. The molecule has 2 rings (SSSR count). The summed E-state index contributed by atoms with van der Waals surface area (Å²) in [6.45, 7) is 5.90. The molecule has 0 radical (unpaired) electrons. The number of unbranched alkanes of at least 4 members (excludes halogenated alkanes) is 2. The summed E-state index contributed by atoms with van der Waals surface area (Å²) < 4.78 is 5.66. The quantitative estimate of drug-likeness (QED) is 0.619. The molecule has 2 unspecified atom stereocenters. The molecule has 21 heavy (non-hydrogen) atoms. The zero-order valence-electron chi connectivity index (χ0n) is 13.4. The van der Waals surface area contributed by atoms with Crippen LogP contribution in [0.2, 0.25) is 0 Å². The van der Waals surface area contributed by atoms with Crippen molar-refractivity contribution in [2.24, 2.45) is 17.8 Å². The van der Waals surface area contributed by atoms with Crippen molar-refractivity contribution in [2.75, 3.05) is 6.61 Å². The van der Waals surface area contributed by atoms with Gasteiger partial charge in [-0.15, -0.1) is 0 Å².